The number of hydrogen-bond donors (Lipinski definition) is 2. The zero-order valence-corrected chi connectivity index (χ0v) is 18.5. The van der Waals surface area contributed by atoms with E-state index in [-0.39, 0.29) is 24.5 Å². The molecule has 0 bridgehead atoms. The van der Waals surface area contributed by atoms with Crippen molar-refractivity contribution in [3.8, 4) is 0 Å². The van der Waals surface area contributed by atoms with Crippen molar-refractivity contribution >= 4 is 17.5 Å². The first-order valence-corrected chi connectivity index (χ1v) is 10.8. The van der Waals surface area contributed by atoms with Crippen molar-refractivity contribution in [2.45, 2.75) is 37.8 Å². The smallest absolute Gasteiger partial charge is 0.383 e. The molecule has 2 atom stereocenters. The Morgan fingerprint density at radius 2 is 2.00 bits per heavy atom. The second kappa shape index (κ2) is 11.1. The van der Waals surface area contributed by atoms with Crippen molar-refractivity contribution in [1.29, 1.82) is 0 Å². The van der Waals surface area contributed by atoms with Gasteiger partial charge in [-0.2, -0.15) is 13.2 Å². The Morgan fingerprint density at radius 1 is 1.22 bits per heavy atom. The number of carbonyl (C=O) groups excluding carboxylic acids is 1. The van der Waals surface area contributed by atoms with Crippen LogP contribution in [0.1, 0.15) is 23.1 Å². The van der Waals surface area contributed by atoms with Crippen LogP contribution < -0.4 is 10.6 Å². The molecular formula is C23H27ClF3N3O2. The number of methoxy groups -OCH3 is 1. The van der Waals surface area contributed by atoms with Crippen LogP contribution in [0.4, 0.5) is 13.2 Å². The van der Waals surface area contributed by atoms with Gasteiger partial charge in [-0.15, -0.1) is 0 Å². The van der Waals surface area contributed by atoms with E-state index >= 15 is 0 Å². The number of hydrogen-bond acceptors (Lipinski definition) is 4. The minimum Gasteiger partial charge on any atom is -0.383 e. The number of alkyl halides is 3. The zero-order valence-electron chi connectivity index (χ0n) is 17.8. The van der Waals surface area contributed by atoms with E-state index in [1.54, 1.807) is 13.2 Å². The third-order valence-electron chi connectivity index (χ3n) is 5.49. The van der Waals surface area contributed by atoms with Gasteiger partial charge in [0.2, 0.25) is 5.91 Å². The predicted molar refractivity (Wildman–Crippen MR) is 117 cm³/mol. The molecule has 1 saturated heterocycles. The summed E-state index contributed by atoms with van der Waals surface area (Å²) in [5.41, 5.74) is 0.798. The Balaban J connectivity index is 1.67. The van der Waals surface area contributed by atoms with Gasteiger partial charge in [0.1, 0.15) is 0 Å². The highest BCUT2D eigenvalue weighted by molar-refractivity contribution is 6.31. The fraction of sp³-hybridized carbons (Fsp3) is 0.435. The summed E-state index contributed by atoms with van der Waals surface area (Å²) in [6.45, 7) is 2.19. The van der Waals surface area contributed by atoms with E-state index in [2.05, 4.69) is 10.6 Å². The standard InChI is InChI=1S/C23H27ClF3N3O2/c1-32-10-9-28-22(31)21-12-19(15-30(21)14-17-6-2-3-8-20(17)24)29-13-16-5-4-7-18(11-16)23(25,26)27/h2-8,11,19,21,29H,9-10,12-15H2,1H3,(H,28,31)/t19-,21-/m0/s1. The van der Waals surface area contributed by atoms with Gasteiger partial charge in [0.05, 0.1) is 18.2 Å². The molecule has 0 saturated carbocycles. The predicted octanol–water partition coefficient (Wildman–Crippen LogP) is 3.85. The number of halogens is 4. The van der Waals surface area contributed by atoms with Crippen LogP contribution >= 0.6 is 11.6 Å². The van der Waals surface area contributed by atoms with E-state index < -0.39 is 11.7 Å². The lowest BCUT2D eigenvalue weighted by Crippen LogP contribution is -2.43. The molecule has 2 N–H and O–H groups in total. The highest BCUT2D eigenvalue weighted by Crippen LogP contribution is 2.30. The maximum Gasteiger partial charge on any atom is 0.416 e. The average Bonchev–Trinajstić information content (AvgIpc) is 3.16. The van der Waals surface area contributed by atoms with Crippen LogP contribution in [0, 0.1) is 0 Å². The summed E-state index contributed by atoms with van der Waals surface area (Å²) in [7, 11) is 1.57. The maximum absolute atomic E-state index is 13.0. The maximum atomic E-state index is 13.0. The first-order chi connectivity index (χ1) is 15.3. The Morgan fingerprint density at radius 3 is 2.72 bits per heavy atom. The van der Waals surface area contributed by atoms with E-state index in [1.807, 2.05) is 29.2 Å². The quantitative estimate of drug-likeness (QED) is 0.548. The van der Waals surface area contributed by atoms with E-state index in [9.17, 15) is 18.0 Å². The molecule has 0 aromatic heterocycles. The summed E-state index contributed by atoms with van der Waals surface area (Å²) < 4.78 is 43.9. The SMILES string of the molecule is COCCNC(=O)[C@@H]1C[C@H](NCc2cccc(C(F)(F)F)c2)CN1Cc1ccccc1Cl. The van der Waals surface area contributed by atoms with Gasteiger partial charge < -0.3 is 15.4 Å². The molecule has 9 heteroatoms. The van der Waals surface area contributed by atoms with Crippen molar-refractivity contribution in [3.63, 3.8) is 0 Å². The normalized spacial score (nSPS) is 19.3. The third kappa shape index (κ3) is 6.68. The van der Waals surface area contributed by atoms with E-state index in [1.165, 1.54) is 6.07 Å². The third-order valence-corrected chi connectivity index (χ3v) is 5.86. The van der Waals surface area contributed by atoms with Gasteiger partial charge in [-0.1, -0.05) is 48.0 Å². The number of amides is 1. The Hall–Kier alpha value is -2.13. The Kier molecular flexibility index (Phi) is 8.53. The van der Waals surface area contributed by atoms with Crippen molar-refractivity contribution in [3.05, 3.63) is 70.2 Å². The molecular weight excluding hydrogens is 443 g/mol. The molecule has 174 valence electrons. The summed E-state index contributed by atoms with van der Waals surface area (Å²) >= 11 is 6.31. The number of carbonyl (C=O) groups is 1. The lowest BCUT2D eigenvalue weighted by Gasteiger charge is -2.24. The summed E-state index contributed by atoms with van der Waals surface area (Å²) in [5.74, 6) is -0.0996. The Labute approximate surface area is 190 Å². The van der Waals surface area contributed by atoms with Crippen molar-refractivity contribution in [2.24, 2.45) is 0 Å². The molecule has 1 fully saturated rings. The average molecular weight is 470 g/mol. The molecule has 2 aromatic carbocycles. The highest BCUT2D eigenvalue weighted by Gasteiger charge is 2.36. The van der Waals surface area contributed by atoms with Crippen molar-refractivity contribution in [1.82, 2.24) is 15.5 Å². The lowest BCUT2D eigenvalue weighted by atomic mass is 10.1. The van der Waals surface area contributed by atoms with Gasteiger partial charge in [-0.05, 0) is 29.7 Å². The van der Waals surface area contributed by atoms with Crippen LogP contribution in [0.5, 0.6) is 0 Å². The number of nitrogens with one attached hydrogen (secondary N) is 2. The highest BCUT2D eigenvalue weighted by atomic mass is 35.5. The monoisotopic (exact) mass is 469 g/mol. The molecule has 1 aliphatic heterocycles. The zero-order chi connectivity index (χ0) is 23.1. The minimum absolute atomic E-state index is 0.0507. The summed E-state index contributed by atoms with van der Waals surface area (Å²) in [4.78, 5) is 14.8. The van der Waals surface area contributed by atoms with Crippen LogP contribution in [-0.2, 0) is 28.8 Å². The molecule has 0 spiro atoms. The summed E-state index contributed by atoms with van der Waals surface area (Å²) in [6.07, 6.45) is -3.83. The molecule has 3 rings (SSSR count). The number of likely N-dealkylation sites (tertiary alicyclic amines) is 1. The lowest BCUT2D eigenvalue weighted by molar-refractivity contribution is -0.137. The number of rotatable bonds is 9. The molecule has 0 radical (unpaired) electrons. The van der Waals surface area contributed by atoms with Crippen molar-refractivity contribution < 1.29 is 22.7 Å². The topological polar surface area (TPSA) is 53.6 Å². The van der Waals surface area contributed by atoms with Gasteiger partial charge >= 0.3 is 6.18 Å². The van der Waals surface area contributed by atoms with Crippen LogP contribution in [0.15, 0.2) is 48.5 Å². The summed E-state index contributed by atoms with van der Waals surface area (Å²) in [5, 5.41) is 6.83. The molecule has 2 aromatic rings. The Bertz CT molecular complexity index is 910. The van der Waals surface area contributed by atoms with Gasteiger partial charge in [0.15, 0.2) is 0 Å². The largest absolute Gasteiger partial charge is 0.416 e. The number of nitrogens with zero attached hydrogens (tertiary/aromatic N) is 1. The number of benzene rings is 2. The summed E-state index contributed by atoms with van der Waals surface area (Å²) in [6, 6.07) is 12.3. The molecule has 5 nitrogen and oxygen atoms in total. The molecule has 1 aliphatic rings. The van der Waals surface area contributed by atoms with Gasteiger partial charge in [-0.3, -0.25) is 9.69 Å². The van der Waals surface area contributed by atoms with Crippen LogP contribution in [0.25, 0.3) is 0 Å². The fourth-order valence-corrected chi connectivity index (χ4v) is 4.05. The van der Waals surface area contributed by atoms with E-state index in [4.69, 9.17) is 16.3 Å². The van der Waals surface area contributed by atoms with Crippen LogP contribution in [-0.4, -0.2) is 49.7 Å². The minimum atomic E-state index is -4.37. The van der Waals surface area contributed by atoms with Crippen LogP contribution in [0.3, 0.4) is 0 Å². The van der Waals surface area contributed by atoms with Gasteiger partial charge in [-0.25, -0.2) is 0 Å². The van der Waals surface area contributed by atoms with E-state index in [0.29, 0.717) is 43.2 Å². The van der Waals surface area contributed by atoms with Gasteiger partial charge in [0.25, 0.3) is 0 Å². The first-order valence-electron chi connectivity index (χ1n) is 10.4. The fourth-order valence-electron chi connectivity index (χ4n) is 3.86. The molecule has 1 heterocycles. The second-order valence-electron chi connectivity index (χ2n) is 7.83. The van der Waals surface area contributed by atoms with Crippen LogP contribution in [0.2, 0.25) is 5.02 Å². The van der Waals surface area contributed by atoms with Crippen molar-refractivity contribution in [2.75, 3.05) is 26.8 Å². The second-order valence-corrected chi connectivity index (χ2v) is 8.24. The van der Waals surface area contributed by atoms with E-state index in [0.717, 1.165) is 17.7 Å². The number of ether oxygens (including phenoxy) is 1. The molecule has 0 unspecified atom stereocenters. The first kappa shape index (κ1) is 24.5. The van der Waals surface area contributed by atoms with Gasteiger partial charge in [0, 0.05) is 44.4 Å². The molecule has 0 aliphatic carbocycles. The molecule has 1 amide bonds. The molecule has 32 heavy (non-hydrogen) atoms.